The fourth-order valence-corrected chi connectivity index (χ4v) is 1.65. The zero-order chi connectivity index (χ0) is 9.84. The number of pyridine rings is 1. The molecule has 1 aromatic rings. The molecule has 0 saturated heterocycles. The Balaban J connectivity index is 2.98. The summed E-state index contributed by atoms with van der Waals surface area (Å²) in [6, 6.07) is 3.34. The monoisotopic (exact) mass is 197 g/mol. The van der Waals surface area contributed by atoms with Crippen LogP contribution in [0.2, 0.25) is 0 Å². The van der Waals surface area contributed by atoms with Gasteiger partial charge in [0.1, 0.15) is 0 Å². The number of hydrogen-bond donors (Lipinski definition) is 1. The summed E-state index contributed by atoms with van der Waals surface area (Å²) in [7, 11) is 0. The van der Waals surface area contributed by atoms with Crippen LogP contribution < -0.4 is 0 Å². The first kappa shape index (κ1) is 10.1. The van der Waals surface area contributed by atoms with Crippen LogP contribution in [-0.2, 0) is 0 Å². The Labute approximate surface area is 81.2 Å². The molecule has 0 radical (unpaired) electrons. The average molecular weight is 197 g/mol. The van der Waals surface area contributed by atoms with Crippen LogP contribution >= 0.6 is 11.8 Å². The lowest BCUT2D eigenvalue weighted by atomic mass is 10.2. The Hall–Kier alpha value is -1.03. The van der Waals surface area contributed by atoms with Gasteiger partial charge in [-0.05, 0) is 24.8 Å². The van der Waals surface area contributed by atoms with Crippen molar-refractivity contribution in [3.05, 3.63) is 23.4 Å². The number of carboxylic acid groups (broad SMARTS) is 1. The topological polar surface area (TPSA) is 50.2 Å². The molecular weight excluding hydrogens is 186 g/mol. The minimum atomic E-state index is -0.918. The van der Waals surface area contributed by atoms with Gasteiger partial charge in [-0.3, -0.25) is 0 Å². The molecule has 0 amide bonds. The quantitative estimate of drug-likeness (QED) is 0.755. The van der Waals surface area contributed by atoms with Crippen LogP contribution in [0.15, 0.2) is 17.2 Å². The molecule has 1 aromatic heterocycles. The molecule has 0 spiro atoms. The van der Waals surface area contributed by atoms with Crippen molar-refractivity contribution >= 4 is 17.7 Å². The Kier molecular flexibility index (Phi) is 3.31. The Morgan fingerprint density at radius 3 is 2.77 bits per heavy atom. The highest BCUT2D eigenvalue weighted by atomic mass is 32.2. The van der Waals surface area contributed by atoms with E-state index in [0.717, 1.165) is 10.8 Å². The molecule has 0 aromatic carbocycles. The summed E-state index contributed by atoms with van der Waals surface area (Å²) in [5, 5.41) is 9.62. The number of carboxylic acids is 1. The third-order valence-corrected chi connectivity index (χ3v) is 2.39. The van der Waals surface area contributed by atoms with Crippen molar-refractivity contribution < 1.29 is 9.90 Å². The highest BCUT2D eigenvalue weighted by Gasteiger charge is 2.07. The van der Waals surface area contributed by atoms with E-state index in [-0.39, 0.29) is 5.56 Å². The van der Waals surface area contributed by atoms with Gasteiger partial charge in [0.05, 0.1) is 16.3 Å². The number of aromatic carboxylic acids is 1. The Morgan fingerprint density at radius 2 is 2.31 bits per heavy atom. The van der Waals surface area contributed by atoms with Crippen molar-refractivity contribution in [2.45, 2.75) is 18.9 Å². The molecule has 0 aliphatic carbocycles. The maximum Gasteiger partial charge on any atom is 0.337 e. The summed E-state index contributed by atoms with van der Waals surface area (Å²) >= 11 is 1.61. The molecule has 1 rings (SSSR count). The van der Waals surface area contributed by atoms with E-state index in [4.69, 9.17) is 5.11 Å². The lowest BCUT2D eigenvalue weighted by Gasteiger charge is -2.02. The van der Waals surface area contributed by atoms with Gasteiger partial charge in [-0.1, -0.05) is 6.92 Å². The molecule has 0 saturated carbocycles. The van der Waals surface area contributed by atoms with Gasteiger partial charge in [-0.15, -0.1) is 11.8 Å². The SMILES string of the molecule is CCSc1ccc(C(=O)O)c(C)n1. The lowest BCUT2D eigenvalue weighted by molar-refractivity contribution is 0.0695. The highest BCUT2D eigenvalue weighted by molar-refractivity contribution is 7.99. The molecule has 0 aliphatic heterocycles. The first-order valence-electron chi connectivity index (χ1n) is 3.99. The standard InChI is InChI=1S/C9H11NO2S/c1-3-13-8-5-4-7(9(11)12)6(2)10-8/h4-5H,3H2,1-2H3,(H,11,12). The van der Waals surface area contributed by atoms with E-state index in [9.17, 15) is 4.79 Å². The smallest absolute Gasteiger partial charge is 0.337 e. The summed E-state index contributed by atoms with van der Waals surface area (Å²) in [6.07, 6.45) is 0. The number of carbonyl (C=O) groups is 1. The maximum absolute atomic E-state index is 10.6. The predicted molar refractivity (Wildman–Crippen MR) is 52.3 cm³/mol. The molecule has 13 heavy (non-hydrogen) atoms. The van der Waals surface area contributed by atoms with Crippen molar-refractivity contribution in [2.24, 2.45) is 0 Å². The zero-order valence-corrected chi connectivity index (χ0v) is 8.39. The average Bonchev–Trinajstić information content (AvgIpc) is 2.04. The molecule has 70 valence electrons. The van der Waals surface area contributed by atoms with Crippen LogP contribution in [0.5, 0.6) is 0 Å². The fraction of sp³-hybridized carbons (Fsp3) is 0.333. The van der Waals surface area contributed by atoms with E-state index in [0.29, 0.717) is 5.69 Å². The minimum absolute atomic E-state index is 0.278. The van der Waals surface area contributed by atoms with Crippen molar-refractivity contribution in [2.75, 3.05) is 5.75 Å². The lowest BCUT2D eigenvalue weighted by Crippen LogP contribution is -2.01. The van der Waals surface area contributed by atoms with Gasteiger partial charge in [0.25, 0.3) is 0 Å². The van der Waals surface area contributed by atoms with Crippen LogP contribution in [-0.4, -0.2) is 21.8 Å². The molecule has 1 heterocycles. The maximum atomic E-state index is 10.6. The molecular formula is C9H11NO2S. The van der Waals surface area contributed by atoms with E-state index in [1.807, 2.05) is 6.92 Å². The molecule has 3 nitrogen and oxygen atoms in total. The summed E-state index contributed by atoms with van der Waals surface area (Å²) in [5.41, 5.74) is 0.853. The van der Waals surface area contributed by atoms with Gasteiger partial charge in [-0.25, -0.2) is 9.78 Å². The largest absolute Gasteiger partial charge is 0.478 e. The predicted octanol–water partition coefficient (Wildman–Crippen LogP) is 2.20. The first-order valence-corrected chi connectivity index (χ1v) is 4.97. The van der Waals surface area contributed by atoms with Crippen molar-refractivity contribution in [3.63, 3.8) is 0 Å². The van der Waals surface area contributed by atoms with E-state index in [1.165, 1.54) is 0 Å². The summed E-state index contributed by atoms with van der Waals surface area (Å²) in [5.74, 6) is 0.0248. The highest BCUT2D eigenvalue weighted by Crippen LogP contribution is 2.16. The zero-order valence-electron chi connectivity index (χ0n) is 7.57. The number of rotatable bonds is 3. The van der Waals surface area contributed by atoms with Crippen molar-refractivity contribution in [3.8, 4) is 0 Å². The first-order chi connectivity index (χ1) is 6.15. The van der Waals surface area contributed by atoms with E-state index >= 15 is 0 Å². The third kappa shape index (κ3) is 2.45. The molecule has 0 bridgehead atoms. The second-order valence-corrected chi connectivity index (χ2v) is 3.80. The molecule has 0 fully saturated rings. The molecule has 0 unspecified atom stereocenters. The van der Waals surface area contributed by atoms with Crippen LogP contribution in [0.1, 0.15) is 23.0 Å². The second kappa shape index (κ2) is 4.28. The third-order valence-electron chi connectivity index (χ3n) is 1.58. The summed E-state index contributed by atoms with van der Waals surface area (Å²) in [4.78, 5) is 14.8. The molecule has 0 aliphatic rings. The van der Waals surface area contributed by atoms with Crippen molar-refractivity contribution in [1.29, 1.82) is 0 Å². The molecule has 0 atom stereocenters. The number of thioether (sulfide) groups is 1. The summed E-state index contributed by atoms with van der Waals surface area (Å²) < 4.78 is 0. The van der Waals surface area contributed by atoms with Crippen molar-refractivity contribution in [1.82, 2.24) is 4.98 Å². The van der Waals surface area contributed by atoms with Gasteiger partial charge in [0, 0.05) is 0 Å². The van der Waals surface area contributed by atoms with Gasteiger partial charge < -0.3 is 5.11 Å². The van der Waals surface area contributed by atoms with E-state index in [1.54, 1.807) is 30.8 Å². The van der Waals surface area contributed by atoms with Crippen LogP contribution in [0, 0.1) is 6.92 Å². The Morgan fingerprint density at radius 1 is 1.62 bits per heavy atom. The number of nitrogens with zero attached hydrogens (tertiary/aromatic N) is 1. The van der Waals surface area contributed by atoms with E-state index < -0.39 is 5.97 Å². The van der Waals surface area contributed by atoms with Crippen LogP contribution in [0.3, 0.4) is 0 Å². The molecule has 1 N–H and O–H groups in total. The summed E-state index contributed by atoms with van der Waals surface area (Å²) in [6.45, 7) is 3.75. The van der Waals surface area contributed by atoms with Gasteiger partial charge in [0.15, 0.2) is 0 Å². The van der Waals surface area contributed by atoms with Gasteiger partial charge >= 0.3 is 5.97 Å². The number of hydrogen-bond acceptors (Lipinski definition) is 3. The van der Waals surface area contributed by atoms with Crippen LogP contribution in [0.25, 0.3) is 0 Å². The number of aryl methyl sites for hydroxylation is 1. The molecule has 4 heteroatoms. The van der Waals surface area contributed by atoms with E-state index in [2.05, 4.69) is 4.98 Å². The van der Waals surface area contributed by atoms with Crippen LogP contribution in [0.4, 0.5) is 0 Å². The number of aromatic nitrogens is 1. The van der Waals surface area contributed by atoms with Gasteiger partial charge in [0.2, 0.25) is 0 Å². The Bertz CT molecular complexity index is 325. The minimum Gasteiger partial charge on any atom is -0.478 e. The fourth-order valence-electron chi connectivity index (χ4n) is 0.992. The normalized spacial score (nSPS) is 10.0. The van der Waals surface area contributed by atoms with Gasteiger partial charge in [-0.2, -0.15) is 0 Å². The second-order valence-electron chi connectivity index (χ2n) is 2.52.